The zero-order chi connectivity index (χ0) is 17.8. The van der Waals surface area contributed by atoms with Crippen LogP contribution < -0.4 is 14.8 Å². The Morgan fingerprint density at radius 3 is 2.76 bits per heavy atom. The van der Waals surface area contributed by atoms with E-state index < -0.39 is 0 Å². The summed E-state index contributed by atoms with van der Waals surface area (Å²) in [5, 5.41) is 4.95. The second-order valence-corrected chi connectivity index (χ2v) is 5.65. The number of carbonyl (C=O) groups is 1. The highest BCUT2D eigenvalue weighted by Gasteiger charge is 2.16. The van der Waals surface area contributed by atoms with Gasteiger partial charge in [0.05, 0.1) is 24.4 Å². The first-order valence-electron chi connectivity index (χ1n) is 7.80. The number of methoxy groups -OCH3 is 1. The number of carbonyl (C=O) groups excluding carboxylic acids is 1. The minimum absolute atomic E-state index is 0.248. The van der Waals surface area contributed by atoms with Crippen LogP contribution in [0.4, 0.5) is 5.69 Å². The van der Waals surface area contributed by atoms with Crippen molar-refractivity contribution in [3.63, 3.8) is 0 Å². The number of para-hydroxylation sites is 1. The zero-order valence-corrected chi connectivity index (χ0v) is 14.6. The van der Waals surface area contributed by atoms with E-state index >= 15 is 0 Å². The van der Waals surface area contributed by atoms with Gasteiger partial charge in [0.1, 0.15) is 5.69 Å². The molecule has 0 aliphatic carbocycles. The van der Waals surface area contributed by atoms with Crippen molar-refractivity contribution in [2.45, 2.75) is 6.92 Å². The second-order valence-electron chi connectivity index (χ2n) is 5.24. The molecule has 2 aromatic carbocycles. The maximum atomic E-state index is 12.7. The molecule has 128 valence electrons. The van der Waals surface area contributed by atoms with Gasteiger partial charge in [0, 0.05) is 5.39 Å². The number of fused-ring (bicyclic) bond motifs is 1. The van der Waals surface area contributed by atoms with E-state index in [2.05, 4.69) is 10.3 Å². The van der Waals surface area contributed by atoms with Gasteiger partial charge >= 0.3 is 0 Å². The summed E-state index contributed by atoms with van der Waals surface area (Å²) in [6.07, 6.45) is 0. The van der Waals surface area contributed by atoms with Gasteiger partial charge in [0.25, 0.3) is 5.91 Å². The Balaban J connectivity index is 1.97. The Morgan fingerprint density at radius 1 is 1.20 bits per heavy atom. The fourth-order valence-electron chi connectivity index (χ4n) is 2.52. The van der Waals surface area contributed by atoms with Crippen molar-refractivity contribution in [2.24, 2.45) is 0 Å². The highest BCUT2D eigenvalue weighted by Crippen LogP contribution is 2.33. The van der Waals surface area contributed by atoms with Crippen LogP contribution in [0.15, 0.2) is 48.5 Å². The van der Waals surface area contributed by atoms with Crippen LogP contribution in [0.2, 0.25) is 5.02 Å². The lowest BCUT2D eigenvalue weighted by atomic mass is 10.1. The Labute approximate surface area is 150 Å². The molecule has 0 atom stereocenters. The molecule has 0 radical (unpaired) electrons. The largest absolute Gasteiger partial charge is 0.490 e. The monoisotopic (exact) mass is 356 g/mol. The number of benzene rings is 2. The molecule has 25 heavy (non-hydrogen) atoms. The smallest absolute Gasteiger partial charge is 0.274 e. The quantitative estimate of drug-likeness (QED) is 0.728. The fourth-order valence-corrected chi connectivity index (χ4v) is 2.75. The molecule has 1 aromatic heterocycles. The van der Waals surface area contributed by atoms with Crippen molar-refractivity contribution >= 4 is 34.0 Å². The molecule has 1 amide bonds. The predicted octanol–water partition coefficient (Wildman–Crippen LogP) is 4.55. The van der Waals surface area contributed by atoms with Crippen LogP contribution >= 0.6 is 11.6 Å². The number of pyridine rings is 1. The van der Waals surface area contributed by atoms with Crippen molar-refractivity contribution in [2.75, 3.05) is 19.0 Å². The van der Waals surface area contributed by atoms with E-state index in [0.717, 1.165) is 10.8 Å². The summed E-state index contributed by atoms with van der Waals surface area (Å²) in [7, 11) is 1.53. The predicted molar refractivity (Wildman–Crippen MR) is 98.9 cm³/mol. The number of hydrogen-bond donors (Lipinski definition) is 1. The fraction of sp³-hybridized carbons (Fsp3) is 0.158. The number of aromatic nitrogens is 1. The average molecular weight is 357 g/mol. The first-order chi connectivity index (χ1) is 12.1. The number of nitrogens with zero attached hydrogens (tertiary/aromatic N) is 1. The van der Waals surface area contributed by atoms with Gasteiger partial charge in [0.15, 0.2) is 5.75 Å². The standard InChI is InChI=1S/C19H17ClN2O3/c1-3-25-17-14(20)9-6-10-15(17)21-18(23)16-11-12-7-4-5-8-13(12)19(22-16)24-2/h4-11H,3H2,1-2H3,(H,21,23). The number of nitrogens with one attached hydrogen (secondary N) is 1. The van der Waals surface area contributed by atoms with E-state index in [9.17, 15) is 4.79 Å². The Bertz CT molecular complexity index is 928. The topological polar surface area (TPSA) is 60.5 Å². The van der Waals surface area contributed by atoms with Gasteiger partial charge in [-0.2, -0.15) is 0 Å². The normalized spacial score (nSPS) is 10.5. The summed E-state index contributed by atoms with van der Waals surface area (Å²) in [6.45, 7) is 2.29. The van der Waals surface area contributed by atoms with Crippen LogP contribution in [-0.4, -0.2) is 24.6 Å². The van der Waals surface area contributed by atoms with Gasteiger partial charge in [0.2, 0.25) is 5.88 Å². The molecule has 5 nitrogen and oxygen atoms in total. The van der Waals surface area contributed by atoms with Crippen LogP contribution in [0, 0.1) is 0 Å². The first kappa shape index (κ1) is 17.0. The third kappa shape index (κ3) is 3.51. The lowest BCUT2D eigenvalue weighted by molar-refractivity contribution is 0.102. The minimum atomic E-state index is -0.368. The number of anilines is 1. The van der Waals surface area contributed by atoms with E-state index in [4.69, 9.17) is 21.1 Å². The molecular formula is C19H17ClN2O3. The molecule has 3 aromatic rings. The van der Waals surface area contributed by atoms with Gasteiger partial charge in [-0.25, -0.2) is 4.98 Å². The molecule has 0 aliphatic rings. The third-order valence-electron chi connectivity index (χ3n) is 3.64. The molecule has 1 heterocycles. The number of rotatable bonds is 5. The van der Waals surface area contributed by atoms with Crippen LogP contribution in [-0.2, 0) is 0 Å². The molecule has 0 fully saturated rings. The molecule has 0 saturated heterocycles. The van der Waals surface area contributed by atoms with E-state index in [1.165, 1.54) is 7.11 Å². The van der Waals surface area contributed by atoms with Crippen LogP contribution in [0.3, 0.4) is 0 Å². The molecule has 0 saturated carbocycles. The van der Waals surface area contributed by atoms with Gasteiger partial charge in [-0.3, -0.25) is 4.79 Å². The summed E-state index contributed by atoms with van der Waals surface area (Å²) in [5.41, 5.74) is 0.742. The van der Waals surface area contributed by atoms with Crippen molar-refractivity contribution in [3.8, 4) is 11.6 Å². The van der Waals surface area contributed by atoms with Crippen molar-refractivity contribution in [1.29, 1.82) is 0 Å². The maximum Gasteiger partial charge on any atom is 0.274 e. The van der Waals surface area contributed by atoms with Crippen molar-refractivity contribution in [1.82, 2.24) is 4.98 Å². The summed E-state index contributed by atoms with van der Waals surface area (Å²) in [4.78, 5) is 17.0. The molecular weight excluding hydrogens is 340 g/mol. The number of ether oxygens (including phenoxy) is 2. The van der Waals surface area contributed by atoms with E-state index in [1.54, 1.807) is 24.3 Å². The van der Waals surface area contributed by atoms with E-state index in [-0.39, 0.29) is 11.6 Å². The Hall–Kier alpha value is -2.79. The molecule has 3 rings (SSSR count). The lowest BCUT2D eigenvalue weighted by Crippen LogP contribution is -2.15. The number of halogens is 1. The molecule has 1 N–H and O–H groups in total. The lowest BCUT2D eigenvalue weighted by Gasteiger charge is -2.13. The highest BCUT2D eigenvalue weighted by molar-refractivity contribution is 6.32. The SMILES string of the molecule is CCOc1c(Cl)cccc1NC(=O)c1cc2ccccc2c(OC)n1. The average Bonchev–Trinajstić information content (AvgIpc) is 2.63. The third-order valence-corrected chi connectivity index (χ3v) is 3.93. The zero-order valence-electron chi connectivity index (χ0n) is 13.9. The van der Waals surface area contributed by atoms with Crippen LogP contribution in [0.25, 0.3) is 10.8 Å². The van der Waals surface area contributed by atoms with Gasteiger partial charge in [-0.1, -0.05) is 35.9 Å². The summed E-state index contributed by atoms with van der Waals surface area (Å²) in [5.74, 6) is 0.472. The van der Waals surface area contributed by atoms with Crippen molar-refractivity contribution < 1.29 is 14.3 Å². The Morgan fingerprint density at radius 2 is 2.00 bits per heavy atom. The van der Waals surface area contributed by atoms with Gasteiger partial charge in [-0.05, 0) is 36.6 Å². The van der Waals surface area contributed by atoms with Crippen molar-refractivity contribution in [3.05, 3.63) is 59.2 Å². The maximum absolute atomic E-state index is 12.7. The minimum Gasteiger partial charge on any atom is -0.490 e. The number of amides is 1. The summed E-state index contributed by atoms with van der Waals surface area (Å²) < 4.78 is 10.8. The summed E-state index contributed by atoms with van der Waals surface area (Å²) >= 11 is 6.15. The Kier molecular flexibility index (Phi) is 5.05. The highest BCUT2D eigenvalue weighted by atomic mass is 35.5. The second kappa shape index (κ2) is 7.40. The summed E-state index contributed by atoms with van der Waals surface area (Å²) in [6, 6.07) is 14.5. The number of hydrogen-bond acceptors (Lipinski definition) is 4. The molecule has 0 aliphatic heterocycles. The molecule has 0 spiro atoms. The molecule has 0 bridgehead atoms. The first-order valence-corrected chi connectivity index (χ1v) is 8.18. The van der Waals surface area contributed by atoms with E-state index in [0.29, 0.717) is 28.9 Å². The van der Waals surface area contributed by atoms with Gasteiger partial charge < -0.3 is 14.8 Å². The van der Waals surface area contributed by atoms with Crippen LogP contribution in [0.5, 0.6) is 11.6 Å². The van der Waals surface area contributed by atoms with Crippen LogP contribution in [0.1, 0.15) is 17.4 Å². The molecule has 0 unspecified atom stereocenters. The molecule has 6 heteroatoms. The van der Waals surface area contributed by atoms with E-state index in [1.807, 2.05) is 31.2 Å². The van der Waals surface area contributed by atoms with Gasteiger partial charge in [-0.15, -0.1) is 0 Å².